The number of rotatable bonds is 3. The average Bonchev–Trinajstić information content (AvgIpc) is 2.67. The highest BCUT2D eigenvalue weighted by molar-refractivity contribution is 7.99. The first kappa shape index (κ1) is 13.1. The van der Waals surface area contributed by atoms with Crippen LogP contribution in [0.3, 0.4) is 0 Å². The highest BCUT2D eigenvalue weighted by Crippen LogP contribution is 2.33. The van der Waals surface area contributed by atoms with Crippen molar-refractivity contribution < 1.29 is 13.7 Å². The van der Waals surface area contributed by atoms with Crippen LogP contribution in [0.15, 0.2) is 12.1 Å². The van der Waals surface area contributed by atoms with Crippen molar-refractivity contribution >= 4 is 23.1 Å². The average molecular weight is 274 g/mol. The van der Waals surface area contributed by atoms with E-state index in [2.05, 4.69) is 5.32 Å². The maximum Gasteiger partial charge on any atom is 0.298 e. The fourth-order valence-corrected chi connectivity index (χ4v) is 3.28. The Morgan fingerprint density at radius 1 is 1.44 bits per heavy atom. The van der Waals surface area contributed by atoms with Crippen LogP contribution >= 0.6 is 11.8 Å². The van der Waals surface area contributed by atoms with Gasteiger partial charge in [-0.25, -0.2) is 8.78 Å². The van der Waals surface area contributed by atoms with E-state index < -0.39 is 22.2 Å². The predicted octanol–water partition coefficient (Wildman–Crippen LogP) is 3.04. The zero-order chi connectivity index (χ0) is 13.3. The normalized spacial score (nSPS) is 23.1. The molecule has 0 amide bonds. The molecule has 1 aliphatic heterocycles. The zero-order valence-corrected chi connectivity index (χ0v) is 10.5. The summed E-state index contributed by atoms with van der Waals surface area (Å²) in [6, 6.07) is 1.36. The number of nitro groups is 1. The number of nitrogens with one attached hydrogen (secondary N) is 1. The summed E-state index contributed by atoms with van der Waals surface area (Å²) >= 11 is 1.70. The summed E-state index contributed by atoms with van der Waals surface area (Å²) in [6.07, 6.45) is 0. The SMILES string of the molecule is CC1CSCC1Nc1c(F)cc(F)cc1[N+](=O)[O-]. The van der Waals surface area contributed by atoms with E-state index >= 15 is 0 Å². The van der Waals surface area contributed by atoms with Gasteiger partial charge in [0.15, 0.2) is 5.82 Å². The van der Waals surface area contributed by atoms with Crippen molar-refractivity contribution in [1.29, 1.82) is 0 Å². The molecule has 2 rings (SSSR count). The van der Waals surface area contributed by atoms with Crippen LogP contribution in [0.5, 0.6) is 0 Å². The Balaban J connectivity index is 2.33. The smallest absolute Gasteiger partial charge is 0.298 e. The van der Waals surface area contributed by atoms with Crippen molar-refractivity contribution in [2.45, 2.75) is 13.0 Å². The van der Waals surface area contributed by atoms with E-state index in [0.717, 1.165) is 17.6 Å². The van der Waals surface area contributed by atoms with Crippen LogP contribution in [0, 0.1) is 27.7 Å². The molecule has 2 atom stereocenters. The minimum Gasteiger partial charge on any atom is -0.373 e. The molecule has 18 heavy (non-hydrogen) atoms. The first-order chi connectivity index (χ1) is 8.49. The maximum atomic E-state index is 13.6. The molecule has 0 radical (unpaired) electrons. The summed E-state index contributed by atoms with van der Waals surface area (Å²) < 4.78 is 26.6. The van der Waals surface area contributed by atoms with Crippen LogP contribution in [-0.2, 0) is 0 Å². The Hall–Kier alpha value is -1.37. The third-order valence-electron chi connectivity index (χ3n) is 2.93. The van der Waals surface area contributed by atoms with Crippen LogP contribution in [0.1, 0.15) is 6.92 Å². The Morgan fingerprint density at radius 3 is 2.72 bits per heavy atom. The lowest BCUT2D eigenvalue weighted by Gasteiger charge is -2.18. The summed E-state index contributed by atoms with van der Waals surface area (Å²) in [5, 5.41) is 13.6. The van der Waals surface area contributed by atoms with Gasteiger partial charge in [-0.05, 0) is 11.7 Å². The second-order valence-electron chi connectivity index (χ2n) is 4.30. The molecule has 1 aromatic carbocycles. The van der Waals surface area contributed by atoms with E-state index in [1.54, 1.807) is 11.8 Å². The number of hydrogen-bond acceptors (Lipinski definition) is 4. The molecule has 4 nitrogen and oxygen atoms in total. The summed E-state index contributed by atoms with van der Waals surface area (Å²) in [6.45, 7) is 1.99. The molecule has 98 valence electrons. The molecular formula is C11H12F2N2O2S. The van der Waals surface area contributed by atoms with Gasteiger partial charge in [-0.15, -0.1) is 0 Å². The molecule has 1 aromatic rings. The Labute approximate surface area is 107 Å². The monoisotopic (exact) mass is 274 g/mol. The van der Waals surface area contributed by atoms with Crippen molar-refractivity contribution in [2.75, 3.05) is 16.8 Å². The first-order valence-corrected chi connectivity index (χ1v) is 6.62. The number of nitrogens with zero attached hydrogens (tertiary/aromatic N) is 1. The topological polar surface area (TPSA) is 55.2 Å². The Morgan fingerprint density at radius 2 is 2.17 bits per heavy atom. The summed E-state index contributed by atoms with van der Waals surface area (Å²) in [5.74, 6) is 0.104. The quantitative estimate of drug-likeness (QED) is 0.680. The molecular weight excluding hydrogens is 262 g/mol. The molecule has 0 aromatic heterocycles. The maximum absolute atomic E-state index is 13.6. The van der Waals surface area contributed by atoms with Gasteiger partial charge in [-0.2, -0.15) is 11.8 Å². The highest BCUT2D eigenvalue weighted by atomic mass is 32.2. The molecule has 1 heterocycles. The van der Waals surface area contributed by atoms with E-state index in [1.807, 2.05) is 6.92 Å². The zero-order valence-electron chi connectivity index (χ0n) is 9.65. The van der Waals surface area contributed by atoms with E-state index in [4.69, 9.17) is 0 Å². The third-order valence-corrected chi connectivity index (χ3v) is 4.28. The fourth-order valence-electron chi connectivity index (χ4n) is 1.88. The summed E-state index contributed by atoms with van der Waals surface area (Å²) in [7, 11) is 0. The van der Waals surface area contributed by atoms with E-state index in [1.165, 1.54) is 0 Å². The van der Waals surface area contributed by atoms with Crippen LogP contribution < -0.4 is 5.32 Å². The number of anilines is 1. The van der Waals surface area contributed by atoms with Crippen LogP contribution in [0.4, 0.5) is 20.2 Å². The minimum absolute atomic E-state index is 0.0336. The van der Waals surface area contributed by atoms with E-state index in [9.17, 15) is 18.9 Å². The van der Waals surface area contributed by atoms with Gasteiger partial charge in [-0.1, -0.05) is 6.92 Å². The van der Waals surface area contributed by atoms with Gasteiger partial charge in [0.25, 0.3) is 5.69 Å². The fraction of sp³-hybridized carbons (Fsp3) is 0.455. The third kappa shape index (κ3) is 2.55. The van der Waals surface area contributed by atoms with Crippen molar-refractivity contribution in [3.8, 4) is 0 Å². The van der Waals surface area contributed by atoms with Gasteiger partial charge in [0, 0.05) is 17.9 Å². The lowest BCUT2D eigenvalue weighted by atomic mass is 10.1. The van der Waals surface area contributed by atoms with Gasteiger partial charge in [0.05, 0.1) is 11.0 Å². The highest BCUT2D eigenvalue weighted by Gasteiger charge is 2.28. The molecule has 1 saturated heterocycles. The van der Waals surface area contributed by atoms with Crippen LogP contribution in [-0.4, -0.2) is 22.5 Å². The van der Waals surface area contributed by atoms with E-state index in [0.29, 0.717) is 12.0 Å². The van der Waals surface area contributed by atoms with Crippen molar-refractivity contribution in [3.63, 3.8) is 0 Å². The van der Waals surface area contributed by atoms with Gasteiger partial charge in [0.1, 0.15) is 11.5 Å². The number of hydrogen-bond donors (Lipinski definition) is 1. The number of benzene rings is 1. The van der Waals surface area contributed by atoms with E-state index in [-0.39, 0.29) is 11.7 Å². The Bertz CT molecular complexity index is 484. The number of thioether (sulfide) groups is 1. The lowest BCUT2D eigenvalue weighted by molar-refractivity contribution is -0.384. The molecule has 1 aliphatic rings. The number of halogens is 2. The van der Waals surface area contributed by atoms with Crippen molar-refractivity contribution in [1.82, 2.24) is 0 Å². The number of nitro benzene ring substituents is 1. The van der Waals surface area contributed by atoms with Crippen LogP contribution in [0.2, 0.25) is 0 Å². The molecule has 0 aliphatic carbocycles. The summed E-state index contributed by atoms with van der Waals surface area (Å²) in [4.78, 5) is 10.0. The minimum atomic E-state index is -0.946. The molecule has 7 heteroatoms. The van der Waals surface area contributed by atoms with Crippen molar-refractivity contribution in [3.05, 3.63) is 33.9 Å². The molecule has 2 unspecified atom stereocenters. The summed E-state index contributed by atoms with van der Waals surface area (Å²) in [5.41, 5.74) is -0.780. The van der Waals surface area contributed by atoms with Gasteiger partial charge in [0.2, 0.25) is 0 Å². The molecule has 0 bridgehead atoms. The standard InChI is InChI=1S/C11H12F2N2O2S/c1-6-4-18-5-9(6)14-11-8(13)2-7(12)3-10(11)15(16)17/h2-3,6,9,14H,4-5H2,1H3. The molecule has 1 N–H and O–H groups in total. The predicted molar refractivity (Wildman–Crippen MR) is 66.9 cm³/mol. The molecule has 0 spiro atoms. The lowest BCUT2D eigenvalue weighted by Crippen LogP contribution is -2.26. The Kier molecular flexibility index (Phi) is 3.70. The second kappa shape index (κ2) is 5.09. The van der Waals surface area contributed by atoms with Gasteiger partial charge in [-0.3, -0.25) is 10.1 Å². The second-order valence-corrected chi connectivity index (χ2v) is 5.38. The molecule has 1 fully saturated rings. The molecule has 0 saturated carbocycles. The van der Waals surface area contributed by atoms with Gasteiger partial charge >= 0.3 is 0 Å². The van der Waals surface area contributed by atoms with Crippen LogP contribution in [0.25, 0.3) is 0 Å². The van der Waals surface area contributed by atoms with Crippen molar-refractivity contribution in [2.24, 2.45) is 5.92 Å². The largest absolute Gasteiger partial charge is 0.373 e. The first-order valence-electron chi connectivity index (χ1n) is 5.46. The van der Waals surface area contributed by atoms with Gasteiger partial charge < -0.3 is 5.32 Å².